The molecule has 0 aliphatic carbocycles. The number of hydrogen-bond donors (Lipinski definition) is 0. The predicted octanol–water partition coefficient (Wildman–Crippen LogP) is 3.12. The number of hydrogen-bond acceptors (Lipinski definition) is 2. The highest BCUT2D eigenvalue weighted by Gasteiger charge is 2.21. The molecule has 0 spiro atoms. The van der Waals surface area contributed by atoms with E-state index in [0.717, 1.165) is 37.1 Å². The fraction of sp³-hybridized carbons (Fsp3) is 0.600. The molecule has 2 aliphatic rings. The van der Waals surface area contributed by atoms with E-state index in [1.54, 1.807) is 0 Å². The van der Waals surface area contributed by atoms with Crippen LogP contribution < -0.4 is 0 Å². The van der Waals surface area contributed by atoms with Gasteiger partial charge in [-0.2, -0.15) is 0 Å². The van der Waals surface area contributed by atoms with Gasteiger partial charge in [0.2, 0.25) is 0 Å². The lowest BCUT2D eigenvalue weighted by Gasteiger charge is -2.33. The topological polar surface area (TPSA) is 12.5 Å². The van der Waals surface area contributed by atoms with Gasteiger partial charge in [-0.1, -0.05) is 17.7 Å². The number of fused-ring (bicyclic) bond motifs is 1. The summed E-state index contributed by atoms with van der Waals surface area (Å²) >= 11 is 6.04. The number of halogens is 1. The summed E-state index contributed by atoms with van der Waals surface area (Å²) < 4.78 is 5.43. The van der Waals surface area contributed by atoms with Gasteiger partial charge in [-0.15, -0.1) is 0 Å². The van der Waals surface area contributed by atoms with E-state index in [0.29, 0.717) is 0 Å². The zero-order valence-corrected chi connectivity index (χ0v) is 11.5. The van der Waals surface area contributed by atoms with Crippen molar-refractivity contribution in [3.63, 3.8) is 0 Å². The van der Waals surface area contributed by atoms with Crippen LogP contribution in [0.1, 0.15) is 24.0 Å². The predicted molar refractivity (Wildman–Crippen MR) is 74.0 cm³/mol. The molecule has 0 atom stereocenters. The molecule has 1 aromatic carbocycles. The molecule has 0 bridgehead atoms. The smallest absolute Gasteiger partial charge is 0.0469 e. The third-order valence-corrected chi connectivity index (χ3v) is 4.35. The van der Waals surface area contributed by atoms with E-state index in [9.17, 15) is 0 Å². The van der Waals surface area contributed by atoms with Crippen LogP contribution in [0.25, 0.3) is 0 Å². The standard InChI is InChI=1S/C15H20ClNO/c16-15-2-1-14-11-17(6-3-13(14)9-15)10-12-4-7-18-8-5-12/h1-2,9,12H,3-8,10-11H2. The molecular formula is C15H20ClNO. The van der Waals surface area contributed by atoms with Crippen LogP contribution >= 0.6 is 11.6 Å². The quantitative estimate of drug-likeness (QED) is 0.815. The maximum Gasteiger partial charge on any atom is 0.0469 e. The Bertz CT molecular complexity index is 415. The Morgan fingerprint density at radius 2 is 2.06 bits per heavy atom. The summed E-state index contributed by atoms with van der Waals surface area (Å²) in [5.41, 5.74) is 2.89. The minimum absolute atomic E-state index is 0.826. The Hall–Kier alpha value is -0.570. The molecule has 0 saturated carbocycles. The van der Waals surface area contributed by atoms with E-state index in [-0.39, 0.29) is 0 Å². The van der Waals surface area contributed by atoms with Gasteiger partial charge < -0.3 is 4.74 Å². The molecule has 0 radical (unpaired) electrons. The molecule has 0 amide bonds. The van der Waals surface area contributed by atoms with E-state index >= 15 is 0 Å². The monoisotopic (exact) mass is 265 g/mol. The van der Waals surface area contributed by atoms with Crippen molar-refractivity contribution in [1.82, 2.24) is 4.90 Å². The molecule has 2 aliphatic heterocycles. The fourth-order valence-electron chi connectivity index (χ4n) is 3.03. The lowest BCUT2D eigenvalue weighted by atomic mass is 9.96. The van der Waals surface area contributed by atoms with Crippen LogP contribution in [-0.4, -0.2) is 31.2 Å². The van der Waals surface area contributed by atoms with Crippen LogP contribution in [0.5, 0.6) is 0 Å². The minimum Gasteiger partial charge on any atom is -0.381 e. The van der Waals surface area contributed by atoms with Crippen molar-refractivity contribution in [2.45, 2.75) is 25.8 Å². The molecule has 98 valence electrons. The van der Waals surface area contributed by atoms with Gasteiger partial charge in [-0.05, 0) is 48.4 Å². The molecule has 0 aromatic heterocycles. The zero-order valence-electron chi connectivity index (χ0n) is 10.7. The van der Waals surface area contributed by atoms with Crippen LogP contribution in [0.15, 0.2) is 18.2 Å². The second-order valence-electron chi connectivity index (χ2n) is 5.45. The van der Waals surface area contributed by atoms with Gasteiger partial charge >= 0.3 is 0 Å². The largest absolute Gasteiger partial charge is 0.381 e. The SMILES string of the molecule is Clc1ccc2c(c1)CCN(CC1CCOCC1)C2. The molecule has 1 saturated heterocycles. The maximum atomic E-state index is 6.04. The average molecular weight is 266 g/mol. The first-order valence-electron chi connectivity index (χ1n) is 6.88. The van der Waals surface area contributed by atoms with E-state index in [2.05, 4.69) is 17.0 Å². The maximum absolute atomic E-state index is 6.04. The summed E-state index contributed by atoms with van der Waals surface area (Å²) in [6, 6.07) is 6.33. The number of rotatable bonds is 2. The second kappa shape index (κ2) is 5.60. The lowest BCUT2D eigenvalue weighted by molar-refractivity contribution is 0.0506. The summed E-state index contributed by atoms with van der Waals surface area (Å²) in [7, 11) is 0. The first kappa shape index (κ1) is 12.5. The summed E-state index contributed by atoms with van der Waals surface area (Å²) in [5.74, 6) is 0.826. The average Bonchev–Trinajstić information content (AvgIpc) is 2.40. The van der Waals surface area contributed by atoms with E-state index in [4.69, 9.17) is 16.3 Å². The Kier molecular flexibility index (Phi) is 3.88. The van der Waals surface area contributed by atoms with Crippen molar-refractivity contribution in [3.8, 4) is 0 Å². The number of ether oxygens (including phenoxy) is 1. The van der Waals surface area contributed by atoms with Crippen molar-refractivity contribution < 1.29 is 4.74 Å². The van der Waals surface area contributed by atoms with Crippen molar-refractivity contribution in [1.29, 1.82) is 0 Å². The molecule has 2 heterocycles. The van der Waals surface area contributed by atoms with Crippen LogP contribution in [0.2, 0.25) is 5.02 Å². The summed E-state index contributed by atoms with van der Waals surface area (Å²) in [6.45, 7) is 5.38. The first-order valence-corrected chi connectivity index (χ1v) is 7.26. The summed E-state index contributed by atoms with van der Waals surface area (Å²) in [6.07, 6.45) is 3.59. The van der Waals surface area contributed by atoms with Crippen LogP contribution in [0.3, 0.4) is 0 Å². The molecule has 2 nitrogen and oxygen atoms in total. The van der Waals surface area contributed by atoms with Crippen LogP contribution in [-0.2, 0) is 17.7 Å². The molecular weight excluding hydrogens is 246 g/mol. The van der Waals surface area contributed by atoms with Gasteiger partial charge in [0.15, 0.2) is 0 Å². The normalized spacial score (nSPS) is 21.8. The van der Waals surface area contributed by atoms with Gasteiger partial charge in [0.05, 0.1) is 0 Å². The number of nitrogens with zero attached hydrogens (tertiary/aromatic N) is 1. The minimum atomic E-state index is 0.826. The third kappa shape index (κ3) is 2.87. The third-order valence-electron chi connectivity index (χ3n) is 4.12. The molecule has 0 unspecified atom stereocenters. The molecule has 3 heteroatoms. The molecule has 3 rings (SSSR count). The Balaban J connectivity index is 1.62. The Labute approximate surface area is 114 Å². The second-order valence-corrected chi connectivity index (χ2v) is 5.89. The highest BCUT2D eigenvalue weighted by molar-refractivity contribution is 6.30. The van der Waals surface area contributed by atoms with Gasteiger partial charge in [0.25, 0.3) is 0 Å². The summed E-state index contributed by atoms with van der Waals surface area (Å²) in [5, 5.41) is 0.867. The van der Waals surface area contributed by atoms with Gasteiger partial charge in [-0.3, -0.25) is 4.90 Å². The van der Waals surface area contributed by atoms with Crippen LogP contribution in [0, 0.1) is 5.92 Å². The molecule has 1 fully saturated rings. The highest BCUT2D eigenvalue weighted by atomic mass is 35.5. The van der Waals surface area contributed by atoms with E-state index in [1.807, 2.05) is 6.07 Å². The van der Waals surface area contributed by atoms with E-state index in [1.165, 1.54) is 37.1 Å². The van der Waals surface area contributed by atoms with Crippen LogP contribution in [0.4, 0.5) is 0 Å². The highest BCUT2D eigenvalue weighted by Crippen LogP contribution is 2.24. The Morgan fingerprint density at radius 3 is 2.89 bits per heavy atom. The van der Waals surface area contributed by atoms with Crippen molar-refractivity contribution in [3.05, 3.63) is 34.3 Å². The van der Waals surface area contributed by atoms with E-state index < -0.39 is 0 Å². The van der Waals surface area contributed by atoms with Crippen molar-refractivity contribution in [2.75, 3.05) is 26.3 Å². The van der Waals surface area contributed by atoms with Gasteiger partial charge in [0, 0.05) is 37.9 Å². The van der Waals surface area contributed by atoms with Gasteiger partial charge in [0.1, 0.15) is 0 Å². The van der Waals surface area contributed by atoms with Crippen molar-refractivity contribution in [2.24, 2.45) is 5.92 Å². The zero-order chi connectivity index (χ0) is 12.4. The first-order chi connectivity index (χ1) is 8.81. The van der Waals surface area contributed by atoms with Gasteiger partial charge in [-0.25, -0.2) is 0 Å². The molecule has 1 aromatic rings. The summed E-state index contributed by atoms with van der Waals surface area (Å²) in [4.78, 5) is 2.59. The molecule has 18 heavy (non-hydrogen) atoms. The Morgan fingerprint density at radius 1 is 1.22 bits per heavy atom. The lowest BCUT2D eigenvalue weighted by Crippen LogP contribution is -2.36. The molecule has 0 N–H and O–H groups in total. The van der Waals surface area contributed by atoms with Crippen molar-refractivity contribution >= 4 is 11.6 Å². The number of benzene rings is 1. The fourth-order valence-corrected chi connectivity index (χ4v) is 3.22.